The minimum Gasteiger partial charge on any atom is -0.489 e. The molecular formula is C30H36F5NO5. The Morgan fingerprint density at radius 3 is 1.95 bits per heavy atom. The van der Waals surface area contributed by atoms with E-state index >= 15 is 0 Å². The summed E-state index contributed by atoms with van der Waals surface area (Å²) in [4.78, 5) is 38.0. The van der Waals surface area contributed by atoms with E-state index in [0.717, 1.165) is 5.56 Å². The highest BCUT2D eigenvalue weighted by Crippen LogP contribution is 2.35. The number of nitrogens with one attached hydrogen (secondary N) is 1. The topological polar surface area (TPSA) is 81.7 Å². The first-order valence-corrected chi connectivity index (χ1v) is 13.2. The summed E-state index contributed by atoms with van der Waals surface area (Å²) >= 11 is 0. The van der Waals surface area contributed by atoms with Gasteiger partial charge in [-0.2, -0.15) is 22.0 Å². The quantitative estimate of drug-likeness (QED) is 0.216. The van der Waals surface area contributed by atoms with E-state index in [-0.39, 0.29) is 18.8 Å². The van der Waals surface area contributed by atoms with Crippen LogP contribution in [0.3, 0.4) is 0 Å². The fourth-order valence-electron chi connectivity index (χ4n) is 3.88. The number of hydrogen-bond acceptors (Lipinski definition) is 5. The summed E-state index contributed by atoms with van der Waals surface area (Å²) in [7, 11) is 0. The van der Waals surface area contributed by atoms with Crippen LogP contribution < -0.4 is 10.1 Å². The van der Waals surface area contributed by atoms with Gasteiger partial charge in [0, 0.05) is 6.42 Å². The van der Waals surface area contributed by atoms with Crippen LogP contribution in [0.1, 0.15) is 58.6 Å². The summed E-state index contributed by atoms with van der Waals surface area (Å²) in [5.41, 5.74) is 0.693. The molecule has 0 saturated carbocycles. The average Bonchev–Trinajstić information content (AvgIpc) is 2.86. The Morgan fingerprint density at radius 2 is 1.44 bits per heavy atom. The van der Waals surface area contributed by atoms with Gasteiger partial charge >= 0.3 is 24.0 Å². The lowest BCUT2D eigenvalue weighted by Gasteiger charge is -2.27. The van der Waals surface area contributed by atoms with Crippen molar-refractivity contribution in [3.63, 3.8) is 0 Å². The zero-order valence-corrected chi connectivity index (χ0v) is 23.7. The van der Waals surface area contributed by atoms with Crippen LogP contribution in [0.5, 0.6) is 5.75 Å². The van der Waals surface area contributed by atoms with Gasteiger partial charge in [-0.3, -0.25) is 14.4 Å². The van der Waals surface area contributed by atoms with Crippen molar-refractivity contribution in [3.05, 3.63) is 65.7 Å². The number of carbonyl (C=O) groups excluding carboxylic acids is 3. The average molecular weight is 586 g/mol. The second kappa shape index (κ2) is 13.9. The highest BCUT2D eigenvalue weighted by Gasteiger charge is 2.63. The molecule has 0 aliphatic carbocycles. The number of amides is 1. The lowest BCUT2D eigenvalue weighted by atomic mass is 9.89. The van der Waals surface area contributed by atoms with Crippen molar-refractivity contribution in [3.8, 4) is 5.75 Å². The van der Waals surface area contributed by atoms with Gasteiger partial charge in [-0.15, -0.1) is 0 Å². The van der Waals surface area contributed by atoms with Gasteiger partial charge in [-0.05, 0) is 62.8 Å². The second-order valence-corrected chi connectivity index (χ2v) is 11.3. The van der Waals surface area contributed by atoms with Gasteiger partial charge in [0.15, 0.2) is 5.78 Å². The van der Waals surface area contributed by atoms with Crippen LogP contribution in [0, 0.1) is 11.8 Å². The molecule has 1 amide bonds. The molecule has 226 valence electrons. The highest BCUT2D eigenvalue weighted by molar-refractivity contribution is 5.93. The first-order chi connectivity index (χ1) is 18.9. The molecular weight excluding hydrogens is 549 g/mol. The van der Waals surface area contributed by atoms with Gasteiger partial charge in [0.2, 0.25) is 0 Å². The molecule has 2 rings (SSSR count). The van der Waals surface area contributed by atoms with Crippen molar-refractivity contribution >= 4 is 17.7 Å². The Hall–Kier alpha value is -3.50. The normalized spacial score (nSPS) is 13.8. The van der Waals surface area contributed by atoms with Crippen molar-refractivity contribution in [2.75, 3.05) is 0 Å². The van der Waals surface area contributed by atoms with E-state index in [1.165, 1.54) is 0 Å². The number of carbonyl (C=O) groups is 3. The van der Waals surface area contributed by atoms with Crippen LogP contribution in [-0.4, -0.2) is 41.4 Å². The van der Waals surface area contributed by atoms with E-state index in [0.29, 0.717) is 17.9 Å². The molecule has 2 aromatic carbocycles. The molecule has 11 heteroatoms. The number of benzene rings is 2. The predicted molar refractivity (Wildman–Crippen MR) is 142 cm³/mol. The number of alkyl halides is 5. The standard InChI is InChI=1S/C30H36F5NO5/c1-19(2)15-24(36-27(39)29(31,32)30(33,34)35)25(37)17-22(26(38)41-28(3,4)5)16-20-11-13-23(14-12-20)40-18-21-9-7-6-8-10-21/h6-14,19,22,24H,15-18H2,1-5H3,(H,36,39). The molecule has 0 aliphatic rings. The van der Waals surface area contributed by atoms with Crippen LogP contribution in [0.15, 0.2) is 54.6 Å². The SMILES string of the molecule is CC(C)CC(NC(=O)C(F)(F)C(F)(F)F)C(=O)CC(Cc1ccc(OCc2ccccc2)cc1)C(=O)OC(C)(C)C. The van der Waals surface area contributed by atoms with E-state index in [4.69, 9.17) is 9.47 Å². The third kappa shape index (κ3) is 10.8. The summed E-state index contributed by atoms with van der Waals surface area (Å²) in [6.07, 6.45) is -6.86. The van der Waals surface area contributed by atoms with Crippen LogP contribution in [-0.2, 0) is 32.1 Å². The van der Waals surface area contributed by atoms with Crippen molar-refractivity contribution in [1.29, 1.82) is 0 Å². The van der Waals surface area contributed by atoms with Gasteiger partial charge in [-0.1, -0.05) is 56.3 Å². The third-order valence-corrected chi connectivity index (χ3v) is 5.88. The molecule has 2 aromatic rings. The van der Waals surface area contributed by atoms with E-state index < -0.39 is 53.7 Å². The predicted octanol–water partition coefficient (Wildman–Crippen LogP) is 6.45. The fourth-order valence-corrected chi connectivity index (χ4v) is 3.88. The molecule has 0 spiro atoms. The smallest absolute Gasteiger partial charge is 0.463 e. The van der Waals surface area contributed by atoms with Crippen molar-refractivity contribution < 1.29 is 45.8 Å². The minimum atomic E-state index is -6.13. The molecule has 2 unspecified atom stereocenters. The molecule has 0 aliphatic heterocycles. The van der Waals surface area contributed by atoms with E-state index in [1.54, 1.807) is 64.2 Å². The highest BCUT2D eigenvalue weighted by atomic mass is 19.4. The van der Waals surface area contributed by atoms with Crippen LogP contribution in [0.4, 0.5) is 22.0 Å². The summed E-state index contributed by atoms with van der Waals surface area (Å²) in [5, 5.41) is 1.56. The van der Waals surface area contributed by atoms with E-state index in [9.17, 15) is 36.3 Å². The van der Waals surface area contributed by atoms with Gasteiger partial charge in [0.05, 0.1) is 12.0 Å². The molecule has 0 fully saturated rings. The Labute approximate surface area is 236 Å². The van der Waals surface area contributed by atoms with Gasteiger partial charge < -0.3 is 14.8 Å². The Bertz CT molecular complexity index is 1160. The summed E-state index contributed by atoms with van der Waals surface area (Å²) in [5.74, 6) is -10.8. The zero-order chi connectivity index (χ0) is 31.0. The maximum absolute atomic E-state index is 13.6. The lowest BCUT2D eigenvalue weighted by Crippen LogP contribution is -2.55. The van der Waals surface area contributed by atoms with Crippen molar-refractivity contribution in [2.24, 2.45) is 11.8 Å². The summed E-state index contributed by atoms with van der Waals surface area (Å²) in [6.45, 7) is 8.45. The molecule has 6 nitrogen and oxygen atoms in total. The maximum Gasteiger partial charge on any atom is 0.463 e. The van der Waals surface area contributed by atoms with Crippen LogP contribution in [0.2, 0.25) is 0 Å². The van der Waals surface area contributed by atoms with Gasteiger partial charge in [-0.25, -0.2) is 0 Å². The van der Waals surface area contributed by atoms with E-state index in [1.807, 2.05) is 30.3 Å². The first-order valence-electron chi connectivity index (χ1n) is 13.2. The van der Waals surface area contributed by atoms with Crippen LogP contribution >= 0.6 is 0 Å². The van der Waals surface area contributed by atoms with Gasteiger partial charge in [0.25, 0.3) is 0 Å². The molecule has 0 aromatic heterocycles. The molecule has 41 heavy (non-hydrogen) atoms. The number of Topliss-reactive ketones (excluding diaryl/α,β-unsaturated/α-hetero) is 1. The molecule has 1 N–H and O–H groups in total. The van der Waals surface area contributed by atoms with Crippen LogP contribution in [0.25, 0.3) is 0 Å². The number of rotatable bonds is 13. The first kappa shape index (κ1) is 33.7. The second-order valence-electron chi connectivity index (χ2n) is 11.3. The third-order valence-electron chi connectivity index (χ3n) is 5.88. The Kier molecular flexibility index (Phi) is 11.4. The summed E-state index contributed by atoms with van der Waals surface area (Å²) in [6, 6.07) is 14.6. The number of ketones is 1. The number of halogens is 5. The fraction of sp³-hybridized carbons (Fsp3) is 0.500. The van der Waals surface area contributed by atoms with Gasteiger partial charge in [0.1, 0.15) is 18.0 Å². The minimum absolute atomic E-state index is 0.0146. The molecule has 0 heterocycles. The Morgan fingerprint density at radius 1 is 0.854 bits per heavy atom. The molecule has 0 radical (unpaired) electrons. The lowest BCUT2D eigenvalue weighted by molar-refractivity contribution is -0.270. The van der Waals surface area contributed by atoms with E-state index in [2.05, 4.69) is 0 Å². The maximum atomic E-state index is 13.6. The zero-order valence-electron chi connectivity index (χ0n) is 23.7. The molecule has 0 bridgehead atoms. The number of ether oxygens (including phenoxy) is 2. The monoisotopic (exact) mass is 585 g/mol. The molecule has 2 atom stereocenters. The molecule has 0 saturated heterocycles. The largest absolute Gasteiger partial charge is 0.489 e. The number of esters is 1. The van der Waals surface area contributed by atoms with Crippen molar-refractivity contribution in [2.45, 2.75) is 84.2 Å². The Balaban J connectivity index is 2.21. The number of hydrogen-bond donors (Lipinski definition) is 1. The summed E-state index contributed by atoms with van der Waals surface area (Å²) < 4.78 is 76.5. The van der Waals surface area contributed by atoms with Crippen molar-refractivity contribution in [1.82, 2.24) is 5.32 Å².